The lowest BCUT2D eigenvalue weighted by Crippen LogP contribution is -2.30. The monoisotopic (exact) mass is 337 g/mol. The summed E-state index contributed by atoms with van der Waals surface area (Å²) < 4.78 is 40.2. The van der Waals surface area contributed by atoms with E-state index in [1.54, 1.807) is 13.0 Å². The fourth-order valence-electron chi connectivity index (χ4n) is 2.17. The maximum absolute atomic E-state index is 13.9. The van der Waals surface area contributed by atoms with Gasteiger partial charge in [-0.3, -0.25) is 0 Å². The predicted molar refractivity (Wildman–Crippen MR) is 83.2 cm³/mol. The smallest absolute Gasteiger partial charge is 0.335 e. The standard InChI is InChI=1S/C16H16FNO4S/c1-11(14-8-3-4-9-15(14)17)18(2)23(21,22)13-7-5-6-12(10-13)16(19)20/h3-11H,1-2H3,(H,19,20). The van der Waals surface area contributed by atoms with Crippen molar-refractivity contribution >= 4 is 16.0 Å². The molecule has 0 fully saturated rings. The largest absolute Gasteiger partial charge is 0.478 e. The number of sulfonamides is 1. The van der Waals surface area contributed by atoms with Crippen molar-refractivity contribution in [3.63, 3.8) is 0 Å². The van der Waals surface area contributed by atoms with Crippen LogP contribution in [0.2, 0.25) is 0 Å². The lowest BCUT2D eigenvalue weighted by Gasteiger charge is -2.25. The molecule has 2 rings (SSSR count). The van der Waals surface area contributed by atoms with Crippen LogP contribution in [0.4, 0.5) is 4.39 Å². The van der Waals surface area contributed by atoms with E-state index in [2.05, 4.69) is 0 Å². The SMILES string of the molecule is CC(c1ccccc1F)N(C)S(=O)(=O)c1cccc(C(=O)O)c1. The van der Waals surface area contributed by atoms with Crippen molar-refractivity contribution in [2.75, 3.05) is 7.05 Å². The second-order valence-electron chi connectivity index (χ2n) is 5.05. The second kappa shape index (κ2) is 6.47. The minimum atomic E-state index is -3.96. The third-order valence-corrected chi connectivity index (χ3v) is 5.58. The van der Waals surface area contributed by atoms with Gasteiger partial charge in [0.1, 0.15) is 5.82 Å². The second-order valence-corrected chi connectivity index (χ2v) is 7.05. The van der Waals surface area contributed by atoms with Crippen LogP contribution in [-0.4, -0.2) is 30.8 Å². The number of rotatable bonds is 5. The van der Waals surface area contributed by atoms with Crippen LogP contribution in [-0.2, 0) is 10.0 Å². The molecule has 0 aliphatic carbocycles. The Morgan fingerprint density at radius 3 is 2.43 bits per heavy atom. The molecule has 0 saturated carbocycles. The molecular formula is C16H16FNO4S. The maximum atomic E-state index is 13.9. The zero-order chi connectivity index (χ0) is 17.2. The van der Waals surface area contributed by atoms with Crippen molar-refractivity contribution in [1.82, 2.24) is 4.31 Å². The summed E-state index contributed by atoms with van der Waals surface area (Å²) in [7, 11) is -2.62. The Labute approximate surface area is 134 Å². The highest BCUT2D eigenvalue weighted by atomic mass is 32.2. The Hall–Kier alpha value is -2.25. The van der Waals surface area contributed by atoms with E-state index >= 15 is 0 Å². The van der Waals surface area contributed by atoms with E-state index in [4.69, 9.17) is 5.11 Å². The zero-order valence-corrected chi connectivity index (χ0v) is 13.4. The molecule has 23 heavy (non-hydrogen) atoms. The molecule has 0 radical (unpaired) electrons. The molecule has 0 aromatic heterocycles. The van der Waals surface area contributed by atoms with Crippen molar-refractivity contribution in [2.45, 2.75) is 17.9 Å². The molecule has 5 nitrogen and oxygen atoms in total. The summed E-state index contributed by atoms with van der Waals surface area (Å²) in [5.74, 6) is -1.71. The number of hydrogen-bond donors (Lipinski definition) is 1. The highest BCUT2D eigenvalue weighted by Crippen LogP contribution is 2.27. The molecule has 2 aromatic carbocycles. The van der Waals surface area contributed by atoms with Gasteiger partial charge in [-0.2, -0.15) is 4.31 Å². The Bertz CT molecular complexity index is 835. The quantitative estimate of drug-likeness (QED) is 0.910. The lowest BCUT2D eigenvalue weighted by molar-refractivity contribution is 0.0696. The summed E-state index contributed by atoms with van der Waals surface area (Å²) in [6.45, 7) is 1.57. The molecule has 0 saturated heterocycles. The van der Waals surface area contributed by atoms with Gasteiger partial charge in [-0.05, 0) is 31.2 Å². The van der Waals surface area contributed by atoms with Gasteiger partial charge >= 0.3 is 5.97 Å². The molecule has 7 heteroatoms. The number of halogens is 1. The maximum Gasteiger partial charge on any atom is 0.335 e. The molecule has 0 aliphatic rings. The molecule has 1 atom stereocenters. The van der Waals surface area contributed by atoms with Crippen LogP contribution in [0.15, 0.2) is 53.4 Å². The zero-order valence-electron chi connectivity index (χ0n) is 12.6. The molecule has 0 amide bonds. The van der Waals surface area contributed by atoms with Gasteiger partial charge in [-0.1, -0.05) is 24.3 Å². The number of carboxylic acids is 1. The molecule has 2 aromatic rings. The molecule has 0 aliphatic heterocycles. The summed E-state index contributed by atoms with van der Waals surface area (Å²) in [6, 6.07) is 10.2. The number of benzene rings is 2. The van der Waals surface area contributed by atoms with Crippen LogP contribution >= 0.6 is 0 Å². The highest BCUT2D eigenvalue weighted by Gasteiger charge is 2.28. The first-order chi connectivity index (χ1) is 10.7. The molecule has 0 spiro atoms. The van der Waals surface area contributed by atoms with Crippen molar-refractivity contribution in [2.24, 2.45) is 0 Å². The lowest BCUT2D eigenvalue weighted by atomic mass is 10.1. The van der Waals surface area contributed by atoms with Gasteiger partial charge in [0, 0.05) is 18.7 Å². The number of carbonyl (C=O) groups is 1. The van der Waals surface area contributed by atoms with Crippen LogP contribution in [0.3, 0.4) is 0 Å². The number of hydrogen-bond acceptors (Lipinski definition) is 3. The topological polar surface area (TPSA) is 74.7 Å². The molecule has 122 valence electrons. The van der Waals surface area contributed by atoms with Crippen molar-refractivity contribution in [3.05, 3.63) is 65.5 Å². The average Bonchev–Trinajstić information content (AvgIpc) is 2.54. The minimum absolute atomic E-state index is 0.127. The first-order valence-corrected chi connectivity index (χ1v) is 8.25. The minimum Gasteiger partial charge on any atom is -0.478 e. The third-order valence-electron chi connectivity index (χ3n) is 3.66. The fraction of sp³-hybridized carbons (Fsp3) is 0.188. The normalized spacial score (nSPS) is 13.0. The summed E-state index contributed by atoms with van der Waals surface area (Å²) in [6.07, 6.45) is 0. The van der Waals surface area contributed by atoms with Gasteiger partial charge in [0.25, 0.3) is 0 Å². The van der Waals surface area contributed by atoms with Crippen LogP contribution < -0.4 is 0 Å². The molecule has 0 heterocycles. The van der Waals surface area contributed by atoms with E-state index in [1.807, 2.05) is 0 Å². The van der Waals surface area contributed by atoms with Gasteiger partial charge in [0.2, 0.25) is 10.0 Å². The number of nitrogens with zero attached hydrogens (tertiary/aromatic N) is 1. The molecular weight excluding hydrogens is 321 g/mol. The Morgan fingerprint density at radius 2 is 1.83 bits per heavy atom. The van der Waals surface area contributed by atoms with Gasteiger partial charge in [0.05, 0.1) is 10.5 Å². The van der Waals surface area contributed by atoms with Crippen molar-refractivity contribution < 1.29 is 22.7 Å². The average molecular weight is 337 g/mol. The summed E-state index contributed by atoms with van der Waals surface area (Å²) in [4.78, 5) is 10.8. The molecule has 1 unspecified atom stereocenters. The van der Waals surface area contributed by atoms with Gasteiger partial charge in [-0.15, -0.1) is 0 Å². The van der Waals surface area contributed by atoms with Crippen molar-refractivity contribution in [1.29, 1.82) is 0 Å². The summed E-state index contributed by atoms with van der Waals surface area (Å²) in [5, 5.41) is 8.98. The third kappa shape index (κ3) is 3.40. The Morgan fingerprint density at radius 1 is 1.17 bits per heavy atom. The Kier molecular flexibility index (Phi) is 4.82. The highest BCUT2D eigenvalue weighted by molar-refractivity contribution is 7.89. The first-order valence-electron chi connectivity index (χ1n) is 6.81. The van der Waals surface area contributed by atoms with E-state index < -0.39 is 27.9 Å². The fourth-order valence-corrected chi connectivity index (χ4v) is 3.56. The summed E-state index contributed by atoms with van der Waals surface area (Å²) in [5.41, 5.74) is 0.117. The predicted octanol–water partition coefficient (Wildman–Crippen LogP) is 2.91. The van der Waals surface area contributed by atoms with Crippen LogP contribution in [0.25, 0.3) is 0 Å². The van der Waals surface area contributed by atoms with Crippen LogP contribution in [0.5, 0.6) is 0 Å². The summed E-state index contributed by atoms with van der Waals surface area (Å²) >= 11 is 0. The van der Waals surface area contributed by atoms with E-state index in [0.29, 0.717) is 0 Å². The van der Waals surface area contributed by atoms with E-state index in [1.165, 1.54) is 43.4 Å². The van der Waals surface area contributed by atoms with Crippen LogP contribution in [0.1, 0.15) is 28.9 Å². The van der Waals surface area contributed by atoms with Gasteiger partial charge in [0.15, 0.2) is 0 Å². The van der Waals surface area contributed by atoms with E-state index in [9.17, 15) is 17.6 Å². The van der Waals surface area contributed by atoms with E-state index in [0.717, 1.165) is 10.4 Å². The number of carboxylic acid groups (broad SMARTS) is 1. The number of aromatic carboxylic acids is 1. The van der Waals surface area contributed by atoms with Crippen LogP contribution in [0, 0.1) is 5.82 Å². The van der Waals surface area contributed by atoms with Crippen molar-refractivity contribution in [3.8, 4) is 0 Å². The Balaban J connectivity index is 2.41. The first kappa shape index (κ1) is 17.1. The molecule has 1 N–H and O–H groups in total. The molecule has 0 bridgehead atoms. The van der Waals surface area contributed by atoms with Gasteiger partial charge in [-0.25, -0.2) is 17.6 Å². The van der Waals surface area contributed by atoms with Gasteiger partial charge < -0.3 is 5.11 Å². The van der Waals surface area contributed by atoms with E-state index in [-0.39, 0.29) is 16.0 Å².